The third kappa shape index (κ3) is 1.83. The van der Waals surface area contributed by atoms with Gasteiger partial charge in [0.25, 0.3) is 0 Å². The van der Waals surface area contributed by atoms with Gasteiger partial charge in [-0.3, -0.25) is 0 Å². The summed E-state index contributed by atoms with van der Waals surface area (Å²) < 4.78 is 19.3. The molecule has 2 heterocycles. The van der Waals surface area contributed by atoms with E-state index in [9.17, 15) is 4.39 Å². The van der Waals surface area contributed by atoms with Crippen LogP contribution in [0.25, 0.3) is 20.9 Å². The average Bonchev–Trinajstić information content (AvgIpc) is 2.93. The van der Waals surface area contributed by atoms with Crippen molar-refractivity contribution in [2.45, 2.75) is 6.54 Å². The van der Waals surface area contributed by atoms with Gasteiger partial charge in [0.05, 0.1) is 10.6 Å². The lowest BCUT2D eigenvalue weighted by Crippen LogP contribution is -1.95. The molecule has 0 amide bonds. The Morgan fingerprint density at radius 2 is 2.24 bits per heavy atom. The Labute approximate surface area is 101 Å². The van der Waals surface area contributed by atoms with Crippen LogP contribution in [-0.2, 0) is 6.54 Å². The number of benzene rings is 1. The molecule has 2 aromatic heterocycles. The van der Waals surface area contributed by atoms with Crippen LogP contribution in [0.1, 0.15) is 5.69 Å². The van der Waals surface area contributed by atoms with E-state index in [1.54, 1.807) is 12.3 Å². The molecule has 0 aliphatic heterocycles. The van der Waals surface area contributed by atoms with Crippen LogP contribution in [0.15, 0.2) is 34.9 Å². The van der Waals surface area contributed by atoms with E-state index in [1.165, 1.54) is 23.5 Å². The number of hydrogen-bond acceptors (Lipinski definition) is 4. The first kappa shape index (κ1) is 10.4. The molecule has 17 heavy (non-hydrogen) atoms. The largest absolute Gasteiger partial charge is 0.444 e. The second-order valence-electron chi connectivity index (χ2n) is 3.64. The Kier molecular flexibility index (Phi) is 2.42. The van der Waals surface area contributed by atoms with Gasteiger partial charge in [0, 0.05) is 11.2 Å². The van der Waals surface area contributed by atoms with Gasteiger partial charge in [-0.1, -0.05) is 6.07 Å². The van der Waals surface area contributed by atoms with E-state index in [2.05, 4.69) is 4.98 Å². The molecule has 0 saturated heterocycles. The van der Waals surface area contributed by atoms with Crippen molar-refractivity contribution in [3.63, 3.8) is 0 Å². The zero-order chi connectivity index (χ0) is 11.8. The summed E-state index contributed by atoms with van der Waals surface area (Å²) >= 11 is 1.45. The highest BCUT2D eigenvalue weighted by molar-refractivity contribution is 7.22. The van der Waals surface area contributed by atoms with Gasteiger partial charge in [0.15, 0.2) is 0 Å². The van der Waals surface area contributed by atoms with Crippen LogP contribution < -0.4 is 5.73 Å². The summed E-state index contributed by atoms with van der Waals surface area (Å²) in [6, 6.07) is 6.64. The molecule has 3 nitrogen and oxygen atoms in total. The van der Waals surface area contributed by atoms with Gasteiger partial charge in [-0.15, -0.1) is 11.3 Å². The Morgan fingerprint density at radius 3 is 3.00 bits per heavy atom. The molecule has 3 rings (SSSR count). The van der Waals surface area contributed by atoms with Crippen molar-refractivity contribution >= 4 is 21.4 Å². The van der Waals surface area contributed by atoms with Crippen molar-refractivity contribution in [2.75, 3.05) is 0 Å². The summed E-state index contributed by atoms with van der Waals surface area (Å²) in [7, 11) is 0. The maximum atomic E-state index is 13.1. The molecule has 86 valence electrons. The summed E-state index contributed by atoms with van der Waals surface area (Å²) in [6.45, 7) is 0.350. The van der Waals surface area contributed by atoms with E-state index < -0.39 is 0 Å². The summed E-state index contributed by atoms with van der Waals surface area (Å²) in [5.74, 6) is 0.299. The highest BCUT2D eigenvalue weighted by atomic mass is 32.1. The van der Waals surface area contributed by atoms with Gasteiger partial charge in [-0.05, 0) is 23.6 Å². The Hall–Kier alpha value is -1.72. The van der Waals surface area contributed by atoms with Crippen LogP contribution in [0.3, 0.4) is 0 Å². The van der Waals surface area contributed by atoms with Crippen molar-refractivity contribution in [1.29, 1.82) is 0 Å². The lowest BCUT2D eigenvalue weighted by atomic mass is 10.2. The van der Waals surface area contributed by atoms with E-state index in [1.807, 2.05) is 6.07 Å². The Morgan fingerprint density at radius 1 is 1.35 bits per heavy atom. The van der Waals surface area contributed by atoms with Gasteiger partial charge < -0.3 is 10.2 Å². The van der Waals surface area contributed by atoms with Crippen molar-refractivity contribution in [3.05, 3.63) is 42.0 Å². The highest BCUT2D eigenvalue weighted by Gasteiger charge is 2.10. The SMILES string of the molecule is NCc1coc(-c2cc3ccc(F)cc3s2)n1. The predicted octanol–water partition coefficient (Wildman–Crippen LogP) is 3.15. The maximum absolute atomic E-state index is 13.1. The van der Waals surface area contributed by atoms with Crippen LogP contribution in [0.5, 0.6) is 0 Å². The summed E-state index contributed by atoms with van der Waals surface area (Å²) in [6.07, 6.45) is 1.54. The van der Waals surface area contributed by atoms with E-state index in [0.29, 0.717) is 18.1 Å². The summed E-state index contributed by atoms with van der Waals surface area (Å²) in [5.41, 5.74) is 6.18. The summed E-state index contributed by atoms with van der Waals surface area (Å²) in [5, 5.41) is 0.985. The van der Waals surface area contributed by atoms with Gasteiger partial charge in [0.2, 0.25) is 5.89 Å². The fourth-order valence-electron chi connectivity index (χ4n) is 1.62. The quantitative estimate of drug-likeness (QED) is 0.758. The summed E-state index contributed by atoms with van der Waals surface area (Å²) in [4.78, 5) is 5.12. The van der Waals surface area contributed by atoms with E-state index >= 15 is 0 Å². The monoisotopic (exact) mass is 248 g/mol. The van der Waals surface area contributed by atoms with Crippen molar-refractivity contribution < 1.29 is 8.81 Å². The molecule has 0 aliphatic rings. The first-order chi connectivity index (χ1) is 8.26. The number of fused-ring (bicyclic) bond motifs is 1. The topological polar surface area (TPSA) is 52.0 Å². The fourth-order valence-corrected chi connectivity index (χ4v) is 2.64. The Bertz CT molecular complexity index is 674. The molecule has 0 fully saturated rings. The van der Waals surface area contributed by atoms with Crippen molar-refractivity contribution in [3.8, 4) is 10.8 Å². The average molecular weight is 248 g/mol. The molecule has 2 N–H and O–H groups in total. The number of oxazole rings is 1. The number of halogens is 1. The molecular formula is C12H9FN2OS. The molecule has 0 unspecified atom stereocenters. The second kappa shape index (κ2) is 3.94. The number of hydrogen-bond donors (Lipinski definition) is 1. The maximum Gasteiger partial charge on any atom is 0.236 e. The first-order valence-electron chi connectivity index (χ1n) is 5.10. The van der Waals surface area contributed by atoms with Crippen LogP contribution in [0, 0.1) is 5.82 Å². The molecule has 1 aromatic carbocycles. The van der Waals surface area contributed by atoms with Gasteiger partial charge in [-0.2, -0.15) is 0 Å². The third-order valence-corrected chi connectivity index (χ3v) is 3.54. The number of nitrogens with zero attached hydrogens (tertiary/aromatic N) is 1. The van der Waals surface area contributed by atoms with E-state index in [-0.39, 0.29) is 5.82 Å². The molecule has 0 aliphatic carbocycles. The van der Waals surface area contributed by atoms with Crippen LogP contribution in [0.4, 0.5) is 4.39 Å². The van der Waals surface area contributed by atoms with Gasteiger partial charge in [-0.25, -0.2) is 9.37 Å². The minimum atomic E-state index is -0.235. The number of thiophene rings is 1. The molecule has 0 saturated carbocycles. The lowest BCUT2D eigenvalue weighted by molar-refractivity contribution is 0.574. The molecule has 0 radical (unpaired) electrons. The standard InChI is InChI=1S/C12H9FN2OS/c13-8-2-1-7-3-11(17-10(7)4-8)12-15-9(5-14)6-16-12/h1-4,6H,5,14H2. The lowest BCUT2D eigenvalue weighted by Gasteiger charge is -1.86. The molecule has 0 spiro atoms. The zero-order valence-corrected chi connectivity index (χ0v) is 9.63. The molecule has 0 bridgehead atoms. The Balaban J connectivity index is 2.11. The molecule has 0 atom stereocenters. The van der Waals surface area contributed by atoms with Crippen LogP contribution >= 0.6 is 11.3 Å². The predicted molar refractivity (Wildman–Crippen MR) is 65.2 cm³/mol. The minimum absolute atomic E-state index is 0.235. The molecular weight excluding hydrogens is 239 g/mol. The van der Waals surface area contributed by atoms with Crippen molar-refractivity contribution in [1.82, 2.24) is 4.98 Å². The normalized spacial score (nSPS) is 11.2. The zero-order valence-electron chi connectivity index (χ0n) is 8.81. The minimum Gasteiger partial charge on any atom is -0.444 e. The highest BCUT2D eigenvalue weighted by Crippen LogP contribution is 2.33. The number of aromatic nitrogens is 1. The number of rotatable bonds is 2. The molecule has 5 heteroatoms. The van der Waals surface area contributed by atoms with Gasteiger partial charge >= 0.3 is 0 Å². The number of nitrogens with two attached hydrogens (primary N) is 1. The second-order valence-corrected chi connectivity index (χ2v) is 4.72. The van der Waals surface area contributed by atoms with E-state index in [4.69, 9.17) is 10.2 Å². The van der Waals surface area contributed by atoms with Gasteiger partial charge in [0.1, 0.15) is 12.1 Å². The smallest absolute Gasteiger partial charge is 0.236 e. The molecule has 3 aromatic rings. The third-order valence-electron chi connectivity index (χ3n) is 2.45. The first-order valence-corrected chi connectivity index (χ1v) is 5.92. The van der Waals surface area contributed by atoms with E-state index in [0.717, 1.165) is 15.0 Å². The fraction of sp³-hybridized carbons (Fsp3) is 0.0833. The van der Waals surface area contributed by atoms with Crippen LogP contribution in [0.2, 0.25) is 0 Å². The van der Waals surface area contributed by atoms with Crippen LogP contribution in [-0.4, -0.2) is 4.98 Å². The van der Waals surface area contributed by atoms with Crippen molar-refractivity contribution in [2.24, 2.45) is 5.73 Å².